The van der Waals surface area contributed by atoms with Gasteiger partial charge in [0.05, 0.1) is 6.61 Å². The number of para-hydroxylation sites is 2. The summed E-state index contributed by atoms with van der Waals surface area (Å²) >= 11 is 0. The first-order valence-electron chi connectivity index (χ1n) is 16.7. The summed E-state index contributed by atoms with van der Waals surface area (Å²) in [6, 6.07) is 32.7. The fraction of sp³-hybridized carbons (Fsp3) is 0.350. The number of amides is 2. The maximum absolute atomic E-state index is 14.7. The Labute approximate surface area is 279 Å². The van der Waals surface area contributed by atoms with Crippen LogP contribution in [0.4, 0.5) is 5.69 Å². The molecule has 7 nitrogen and oxygen atoms in total. The second-order valence-electron chi connectivity index (χ2n) is 12.2. The average Bonchev–Trinajstić information content (AvgIpc) is 3.13. The van der Waals surface area contributed by atoms with E-state index in [1.54, 1.807) is 7.11 Å². The van der Waals surface area contributed by atoms with Gasteiger partial charge in [-0.1, -0.05) is 85.8 Å². The number of anilines is 1. The highest BCUT2D eigenvalue weighted by Gasteiger charge is 2.25. The number of carbonyl (C=O) groups is 2. The van der Waals surface area contributed by atoms with Crippen LogP contribution in [0.15, 0.2) is 97.1 Å². The minimum atomic E-state index is -0.0817. The second-order valence-corrected chi connectivity index (χ2v) is 12.2. The molecule has 0 N–H and O–H groups in total. The first-order valence-corrected chi connectivity index (χ1v) is 16.7. The third-order valence-electron chi connectivity index (χ3n) is 8.69. The molecule has 1 heterocycles. The van der Waals surface area contributed by atoms with Crippen molar-refractivity contribution in [1.29, 1.82) is 0 Å². The number of rotatable bonds is 10. The predicted molar refractivity (Wildman–Crippen MR) is 189 cm³/mol. The number of benzene rings is 4. The van der Waals surface area contributed by atoms with Gasteiger partial charge < -0.3 is 24.2 Å². The van der Waals surface area contributed by atoms with Crippen LogP contribution in [0.2, 0.25) is 0 Å². The van der Waals surface area contributed by atoms with Crippen LogP contribution < -0.4 is 9.64 Å². The number of hydrogen-bond acceptors (Lipinski definition) is 5. The molecule has 246 valence electrons. The van der Waals surface area contributed by atoms with E-state index in [0.717, 1.165) is 72.5 Å². The van der Waals surface area contributed by atoms with Crippen LogP contribution in [0.25, 0.3) is 11.1 Å². The van der Waals surface area contributed by atoms with Gasteiger partial charge >= 0.3 is 0 Å². The molecule has 0 aliphatic carbocycles. The van der Waals surface area contributed by atoms with E-state index in [-0.39, 0.29) is 18.4 Å². The summed E-state index contributed by atoms with van der Waals surface area (Å²) in [7, 11) is 3.62. The molecule has 7 heteroatoms. The quantitative estimate of drug-likeness (QED) is 0.191. The number of fused-ring (bicyclic) bond motifs is 1. The normalized spacial score (nSPS) is 14.3. The minimum Gasteiger partial charge on any atom is -0.493 e. The Morgan fingerprint density at radius 1 is 0.809 bits per heavy atom. The monoisotopic (exact) mass is 633 g/mol. The number of nitrogens with zero attached hydrogens (tertiary/aromatic N) is 3. The summed E-state index contributed by atoms with van der Waals surface area (Å²) in [5.74, 6) is 0.760. The van der Waals surface area contributed by atoms with Crippen molar-refractivity contribution < 1.29 is 19.1 Å². The molecule has 5 rings (SSSR count). The van der Waals surface area contributed by atoms with Gasteiger partial charge in [0.15, 0.2) is 0 Å². The zero-order valence-electron chi connectivity index (χ0n) is 28.0. The molecule has 0 atom stereocenters. The van der Waals surface area contributed by atoms with Crippen molar-refractivity contribution >= 4 is 17.5 Å². The molecule has 1 aliphatic heterocycles. The number of likely N-dealkylation sites (N-methyl/N-ethyl adjacent to an activating group) is 1. The molecule has 0 radical (unpaired) electrons. The van der Waals surface area contributed by atoms with Crippen LogP contribution in [-0.2, 0) is 28.9 Å². The van der Waals surface area contributed by atoms with Crippen molar-refractivity contribution in [3.63, 3.8) is 0 Å². The largest absolute Gasteiger partial charge is 0.493 e. The zero-order valence-corrected chi connectivity index (χ0v) is 28.0. The summed E-state index contributed by atoms with van der Waals surface area (Å²) < 4.78 is 11.3. The lowest BCUT2D eigenvalue weighted by Crippen LogP contribution is -2.37. The van der Waals surface area contributed by atoms with E-state index in [1.165, 1.54) is 5.56 Å². The number of carbonyl (C=O) groups excluding carboxylic acids is 2. The van der Waals surface area contributed by atoms with Crippen LogP contribution in [0.5, 0.6) is 5.75 Å². The minimum absolute atomic E-state index is 0.00709. The molecule has 0 spiro atoms. The predicted octanol–water partition coefficient (Wildman–Crippen LogP) is 6.88. The molecule has 0 fully saturated rings. The number of aryl methyl sites for hydroxylation is 2. The van der Waals surface area contributed by atoms with E-state index in [1.807, 2.05) is 70.5 Å². The second kappa shape index (κ2) is 16.9. The third-order valence-corrected chi connectivity index (χ3v) is 8.69. The average molecular weight is 634 g/mol. The highest BCUT2D eigenvalue weighted by molar-refractivity contribution is 5.97. The molecule has 2 amide bonds. The Hall–Kier alpha value is -4.46. The zero-order chi connectivity index (χ0) is 33.0. The van der Waals surface area contributed by atoms with Gasteiger partial charge in [-0.25, -0.2) is 0 Å². The van der Waals surface area contributed by atoms with Gasteiger partial charge in [0, 0.05) is 50.1 Å². The van der Waals surface area contributed by atoms with Crippen LogP contribution in [-0.4, -0.2) is 75.2 Å². The molecule has 0 bridgehead atoms. The highest BCUT2D eigenvalue weighted by Crippen LogP contribution is 2.33. The summed E-state index contributed by atoms with van der Waals surface area (Å²) in [5.41, 5.74) is 6.78. The molecule has 4 aromatic rings. The van der Waals surface area contributed by atoms with E-state index < -0.39 is 0 Å². The third kappa shape index (κ3) is 8.88. The summed E-state index contributed by atoms with van der Waals surface area (Å²) in [4.78, 5) is 33.8. The number of hydrogen-bond donors (Lipinski definition) is 0. The van der Waals surface area contributed by atoms with E-state index in [0.29, 0.717) is 31.8 Å². The van der Waals surface area contributed by atoms with Gasteiger partial charge in [-0.15, -0.1) is 0 Å². The number of ether oxygens (including phenoxy) is 2. The van der Waals surface area contributed by atoms with E-state index >= 15 is 0 Å². The maximum Gasteiger partial charge on any atom is 0.254 e. The van der Waals surface area contributed by atoms with Crippen LogP contribution in [0.1, 0.15) is 46.8 Å². The van der Waals surface area contributed by atoms with E-state index in [9.17, 15) is 9.59 Å². The van der Waals surface area contributed by atoms with E-state index in [4.69, 9.17) is 9.47 Å². The van der Waals surface area contributed by atoms with Crippen molar-refractivity contribution in [2.45, 2.75) is 39.2 Å². The van der Waals surface area contributed by atoms with Gasteiger partial charge in [-0.05, 0) is 79.7 Å². The SMILES string of the molecule is CCCOc1ccccc1-c1ccc(C(=O)N2CCN(C)CCCN(C(=O)COC)c3ccccc3C2)c(CCc2ccccc2)c1. The fourth-order valence-electron chi connectivity index (χ4n) is 6.16. The molecule has 0 unspecified atom stereocenters. The van der Waals surface area contributed by atoms with Crippen LogP contribution in [0, 0.1) is 0 Å². The first-order chi connectivity index (χ1) is 23.0. The molecule has 0 saturated heterocycles. The smallest absolute Gasteiger partial charge is 0.254 e. The first kappa shape index (κ1) is 33.9. The lowest BCUT2D eigenvalue weighted by molar-refractivity contribution is -0.122. The Balaban J connectivity index is 1.53. The van der Waals surface area contributed by atoms with Gasteiger partial charge in [0.25, 0.3) is 11.8 Å². The summed E-state index contributed by atoms with van der Waals surface area (Å²) in [5, 5.41) is 0. The standard InChI is InChI=1S/C40H47N3O4/c1-4-27-47-38-18-11-9-16-35(38)32-21-22-36(33(28-32)20-19-31-13-6-5-7-14-31)40(45)42-26-25-41(2)23-12-24-43(39(44)30-46-3)37-17-10-8-15-34(37)29-42/h5-11,13-18,21-22,28H,4,12,19-20,23-27,29-30H2,1-3H3. The molecular weight excluding hydrogens is 586 g/mol. The van der Waals surface area contributed by atoms with Crippen molar-refractivity contribution in [3.8, 4) is 16.9 Å². The number of methoxy groups -OCH3 is 1. The molecule has 0 aromatic heterocycles. The lowest BCUT2D eigenvalue weighted by Gasteiger charge is -2.28. The topological polar surface area (TPSA) is 62.3 Å². The van der Waals surface area contributed by atoms with Gasteiger partial charge in [-0.3, -0.25) is 9.59 Å². The lowest BCUT2D eigenvalue weighted by atomic mass is 9.94. The van der Waals surface area contributed by atoms with Crippen LogP contribution in [0.3, 0.4) is 0 Å². The Morgan fingerprint density at radius 2 is 1.57 bits per heavy atom. The fourth-order valence-corrected chi connectivity index (χ4v) is 6.16. The Morgan fingerprint density at radius 3 is 2.38 bits per heavy atom. The molecule has 4 aromatic carbocycles. The van der Waals surface area contributed by atoms with Crippen molar-refractivity contribution in [2.75, 3.05) is 58.5 Å². The Kier molecular flexibility index (Phi) is 12.2. The van der Waals surface area contributed by atoms with Crippen LogP contribution >= 0.6 is 0 Å². The van der Waals surface area contributed by atoms with Crippen molar-refractivity contribution in [2.24, 2.45) is 0 Å². The summed E-state index contributed by atoms with van der Waals surface area (Å²) in [6.45, 7) is 5.87. The molecular formula is C40H47N3O4. The van der Waals surface area contributed by atoms with Crippen molar-refractivity contribution in [1.82, 2.24) is 9.80 Å². The molecule has 47 heavy (non-hydrogen) atoms. The van der Waals surface area contributed by atoms with Gasteiger partial charge in [-0.2, -0.15) is 0 Å². The molecule has 1 aliphatic rings. The van der Waals surface area contributed by atoms with Gasteiger partial charge in [0.2, 0.25) is 0 Å². The van der Waals surface area contributed by atoms with Gasteiger partial charge in [0.1, 0.15) is 12.4 Å². The van der Waals surface area contributed by atoms with E-state index in [2.05, 4.69) is 55.3 Å². The Bertz CT molecular complexity index is 1620. The maximum atomic E-state index is 14.7. The summed E-state index contributed by atoms with van der Waals surface area (Å²) in [6.07, 6.45) is 3.29. The molecule has 0 saturated carbocycles. The van der Waals surface area contributed by atoms with Crippen molar-refractivity contribution in [3.05, 3.63) is 119 Å². The highest BCUT2D eigenvalue weighted by atomic mass is 16.5.